The van der Waals surface area contributed by atoms with E-state index in [9.17, 15) is 13.2 Å². The van der Waals surface area contributed by atoms with Crippen molar-refractivity contribution in [1.29, 1.82) is 0 Å². The smallest absolute Gasteiger partial charge is 0.367 e. The van der Waals surface area contributed by atoms with E-state index < -0.39 is 12.3 Å². The van der Waals surface area contributed by atoms with Gasteiger partial charge in [0.15, 0.2) is 6.10 Å². The SMILES string of the molecule is CCC(N)COC(C)C(F)(F)F. The van der Waals surface area contributed by atoms with E-state index in [0.717, 1.165) is 6.92 Å². The van der Waals surface area contributed by atoms with Crippen molar-refractivity contribution >= 4 is 0 Å². The summed E-state index contributed by atoms with van der Waals surface area (Å²) in [4.78, 5) is 0. The van der Waals surface area contributed by atoms with Gasteiger partial charge in [-0.15, -0.1) is 0 Å². The third-order valence-electron chi connectivity index (χ3n) is 1.55. The first-order valence-corrected chi connectivity index (χ1v) is 3.81. The van der Waals surface area contributed by atoms with E-state index in [2.05, 4.69) is 4.74 Å². The highest BCUT2D eigenvalue weighted by molar-refractivity contribution is 4.63. The van der Waals surface area contributed by atoms with Gasteiger partial charge in [-0.3, -0.25) is 0 Å². The van der Waals surface area contributed by atoms with Gasteiger partial charge in [0.1, 0.15) is 0 Å². The van der Waals surface area contributed by atoms with Crippen LogP contribution in [0.25, 0.3) is 0 Å². The molecule has 0 heterocycles. The number of rotatable bonds is 4. The Bertz CT molecular complexity index is 126. The normalized spacial score (nSPS) is 17.5. The van der Waals surface area contributed by atoms with Gasteiger partial charge >= 0.3 is 6.18 Å². The van der Waals surface area contributed by atoms with Gasteiger partial charge in [0.2, 0.25) is 0 Å². The van der Waals surface area contributed by atoms with Gasteiger partial charge in [0, 0.05) is 6.04 Å². The zero-order chi connectivity index (χ0) is 9.78. The van der Waals surface area contributed by atoms with Gasteiger partial charge in [-0.05, 0) is 13.3 Å². The van der Waals surface area contributed by atoms with E-state index in [-0.39, 0.29) is 12.6 Å². The predicted octanol–water partition coefficient (Wildman–Crippen LogP) is 1.69. The zero-order valence-electron chi connectivity index (χ0n) is 7.19. The summed E-state index contributed by atoms with van der Waals surface area (Å²) in [5.74, 6) is 0. The van der Waals surface area contributed by atoms with Crippen LogP contribution in [-0.4, -0.2) is 24.9 Å². The second kappa shape index (κ2) is 4.67. The van der Waals surface area contributed by atoms with E-state index in [0.29, 0.717) is 6.42 Å². The summed E-state index contributed by atoms with van der Waals surface area (Å²) in [7, 11) is 0. The number of hydrogen-bond donors (Lipinski definition) is 1. The lowest BCUT2D eigenvalue weighted by atomic mass is 10.2. The van der Waals surface area contributed by atoms with Gasteiger partial charge in [-0.25, -0.2) is 0 Å². The van der Waals surface area contributed by atoms with Crippen LogP contribution < -0.4 is 5.73 Å². The highest BCUT2D eigenvalue weighted by Gasteiger charge is 2.36. The lowest BCUT2D eigenvalue weighted by molar-refractivity contribution is -0.215. The van der Waals surface area contributed by atoms with E-state index in [1.54, 1.807) is 6.92 Å². The molecule has 0 aliphatic carbocycles. The quantitative estimate of drug-likeness (QED) is 0.723. The van der Waals surface area contributed by atoms with Crippen LogP contribution in [0.4, 0.5) is 13.2 Å². The maximum atomic E-state index is 11.8. The summed E-state index contributed by atoms with van der Waals surface area (Å²) in [5, 5.41) is 0. The first-order valence-electron chi connectivity index (χ1n) is 3.81. The van der Waals surface area contributed by atoms with Gasteiger partial charge in [0.05, 0.1) is 6.61 Å². The number of nitrogens with two attached hydrogens (primary N) is 1. The van der Waals surface area contributed by atoms with Crippen LogP contribution in [0.5, 0.6) is 0 Å². The maximum Gasteiger partial charge on any atom is 0.414 e. The average Bonchev–Trinajstić information content (AvgIpc) is 1.97. The third kappa shape index (κ3) is 4.56. The van der Waals surface area contributed by atoms with Crippen molar-refractivity contribution in [3.8, 4) is 0 Å². The molecular weight excluding hydrogens is 171 g/mol. The molecule has 0 aliphatic rings. The molecule has 0 fully saturated rings. The lowest BCUT2D eigenvalue weighted by Crippen LogP contribution is -2.34. The Labute approximate surface area is 69.9 Å². The molecule has 0 aromatic carbocycles. The maximum absolute atomic E-state index is 11.8. The molecular formula is C7H14F3NO. The molecule has 0 aliphatic heterocycles. The molecule has 0 bridgehead atoms. The van der Waals surface area contributed by atoms with Gasteiger partial charge in [-0.2, -0.15) is 13.2 Å². The Kier molecular flexibility index (Phi) is 4.55. The van der Waals surface area contributed by atoms with E-state index in [1.165, 1.54) is 0 Å². The molecule has 2 nitrogen and oxygen atoms in total. The van der Waals surface area contributed by atoms with Crippen molar-refractivity contribution < 1.29 is 17.9 Å². The molecule has 0 spiro atoms. The Balaban J connectivity index is 3.64. The minimum Gasteiger partial charge on any atom is -0.367 e. The predicted molar refractivity (Wildman–Crippen MR) is 39.7 cm³/mol. The Morgan fingerprint density at radius 2 is 1.92 bits per heavy atom. The summed E-state index contributed by atoms with van der Waals surface area (Å²) in [5.41, 5.74) is 5.37. The molecule has 0 saturated carbocycles. The number of hydrogen-bond acceptors (Lipinski definition) is 2. The molecule has 12 heavy (non-hydrogen) atoms. The molecule has 0 rings (SSSR count). The minimum absolute atomic E-state index is 0.0445. The Hall–Kier alpha value is -0.290. The molecule has 0 aromatic rings. The van der Waals surface area contributed by atoms with Crippen LogP contribution in [0.2, 0.25) is 0 Å². The van der Waals surface area contributed by atoms with Gasteiger partial charge in [0.25, 0.3) is 0 Å². The van der Waals surface area contributed by atoms with E-state index >= 15 is 0 Å². The summed E-state index contributed by atoms with van der Waals surface area (Å²) >= 11 is 0. The number of alkyl halides is 3. The van der Waals surface area contributed by atoms with Crippen LogP contribution >= 0.6 is 0 Å². The first-order chi connectivity index (χ1) is 5.38. The van der Waals surface area contributed by atoms with Crippen molar-refractivity contribution in [2.75, 3.05) is 6.61 Å². The molecule has 0 saturated heterocycles. The second-order valence-corrected chi connectivity index (χ2v) is 2.69. The molecule has 74 valence electrons. The standard InChI is InChI=1S/C7H14F3NO/c1-3-6(11)4-12-5(2)7(8,9)10/h5-6H,3-4,11H2,1-2H3. The molecule has 2 atom stereocenters. The molecule has 2 N–H and O–H groups in total. The Morgan fingerprint density at radius 3 is 2.25 bits per heavy atom. The molecule has 5 heteroatoms. The number of ether oxygens (including phenoxy) is 1. The van der Waals surface area contributed by atoms with Gasteiger partial charge in [-0.1, -0.05) is 6.92 Å². The summed E-state index contributed by atoms with van der Waals surface area (Å²) in [6.45, 7) is 2.73. The zero-order valence-corrected chi connectivity index (χ0v) is 7.19. The summed E-state index contributed by atoms with van der Waals surface area (Å²) in [6.07, 6.45) is -5.40. The Morgan fingerprint density at radius 1 is 1.42 bits per heavy atom. The van der Waals surface area contributed by atoms with Gasteiger partial charge < -0.3 is 10.5 Å². The molecule has 2 unspecified atom stereocenters. The van der Waals surface area contributed by atoms with E-state index in [1.807, 2.05) is 0 Å². The fraction of sp³-hybridized carbons (Fsp3) is 1.00. The van der Waals surface area contributed by atoms with Crippen molar-refractivity contribution in [3.63, 3.8) is 0 Å². The monoisotopic (exact) mass is 185 g/mol. The average molecular weight is 185 g/mol. The lowest BCUT2D eigenvalue weighted by Gasteiger charge is -2.18. The van der Waals surface area contributed by atoms with Crippen LogP contribution in [0, 0.1) is 0 Å². The minimum atomic E-state index is -4.28. The first kappa shape index (κ1) is 11.7. The molecule has 0 aromatic heterocycles. The topological polar surface area (TPSA) is 35.2 Å². The fourth-order valence-corrected chi connectivity index (χ4v) is 0.480. The second-order valence-electron chi connectivity index (χ2n) is 2.69. The van der Waals surface area contributed by atoms with Crippen molar-refractivity contribution in [1.82, 2.24) is 0 Å². The van der Waals surface area contributed by atoms with Crippen LogP contribution in [-0.2, 0) is 4.74 Å². The molecule has 0 radical (unpaired) electrons. The summed E-state index contributed by atoms with van der Waals surface area (Å²) < 4.78 is 40.0. The fourth-order valence-electron chi connectivity index (χ4n) is 0.480. The van der Waals surface area contributed by atoms with Crippen molar-refractivity contribution in [3.05, 3.63) is 0 Å². The van der Waals surface area contributed by atoms with Crippen molar-refractivity contribution in [2.45, 2.75) is 38.6 Å². The van der Waals surface area contributed by atoms with Crippen molar-refractivity contribution in [2.24, 2.45) is 5.73 Å². The highest BCUT2D eigenvalue weighted by atomic mass is 19.4. The highest BCUT2D eigenvalue weighted by Crippen LogP contribution is 2.22. The van der Waals surface area contributed by atoms with E-state index in [4.69, 9.17) is 5.73 Å². The van der Waals surface area contributed by atoms with Crippen LogP contribution in [0.1, 0.15) is 20.3 Å². The number of halogens is 3. The largest absolute Gasteiger partial charge is 0.414 e. The third-order valence-corrected chi connectivity index (χ3v) is 1.55. The molecule has 0 amide bonds. The van der Waals surface area contributed by atoms with Crippen LogP contribution in [0.3, 0.4) is 0 Å². The summed E-state index contributed by atoms with van der Waals surface area (Å²) in [6, 6.07) is -0.310. The van der Waals surface area contributed by atoms with Crippen LogP contribution in [0.15, 0.2) is 0 Å².